The van der Waals surface area contributed by atoms with E-state index in [1.54, 1.807) is 0 Å². The van der Waals surface area contributed by atoms with E-state index in [9.17, 15) is 4.79 Å². The number of nitrogens with one attached hydrogen (secondary N) is 1. The Morgan fingerprint density at radius 2 is 2.16 bits per heavy atom. The van der Waals surface area contributed by atoms with Crippen molar-refractivity contribution >= 4 is 5.91 Å². The fourth-order valence-electron chi connectivity index (χ4n) is 3.13. The number of nitrogens with two attached hydrogens (primary N) is 1. The lowest BCUT2D eigenvalue weighted by molar-refractivity contribution is -0.126. The first-order chi connectivity index (χ1) is 9.13. The van der Waals surface area contributed by atoms with E-state index in [-0.39, 0.29) is 17.9 Å². The van der Waals surface area contributed by atoms with Gasteiger partial charge in [-0.3, -0.25) is 4.79 Å². The summed E-state index contributed by atoms with van der Waals surface area (Å²) < 4.78 is 0. The van der Waals surface area contributed by atoms with Crippen molar-refractivity contribution in [3.05, 3.63) is 35.4 Å². The van der Waals surface area contributed by atoms with Crippen molar-refractivity contribution in [1.29, 1.82) is 0 Å². The Balaban J connectivity index is 2.01. The minimum absolute atomic E-state index is 0.0627. The van der Waals surface area contributed by atoms with Gasteiger partial charge in [-0.05, 0) is 50.3 Å². The highest BCUT2D eigenvalue weighted by atomic mass is 16.2. The number of benzene rings is 1. The highest BCUT2D eigenvalue weighted by Crippen LogP contribution is 2.31. The predicted molar refractivity (Wildman–Crippen MR) is 77.6 cm³/mol. The minimum Gasteiger partial charge on any atom is -0.349 e. The molecule has 1 amide bonds. The molecule has 0 radical (unpaired) electrons. The standard InChI is InChI=1S/C16H24N2O/c1-11-6-3-4-8-14(11)12(2)18-16(19)15-9-5-7-13(15)10-17/h3-4,6,8,12-13,15H,5,7,9-10,17H2,1-2H3,(H,18,19). The van der Waals surface area contributed by atoms with Crippen molar-refractivity contribution < 1.29 is 4.79 Å². The van der Waals surface area contributed by atoms with Crippen LogP contribution in [0.2, 0.25) is 0 Å². The zero-order valence-corrected chi connectivity index (χ0v) is 11.9. The van der Waals surface area contributed by atoms with Gasteiger partial charge in [-0.1, -0.05) is 30.7 Å². The molecule has 1 fully saturated rings. The van der Waals surface area contributed by atoms with Crippen LogP contribution < -0.4 is 11.1 Å². The van der Waals surface area contributed by atoms with Gasteiger partial charge in [0.1, 0.15) is 0 Å². The van der Waals surface area contributed by atoms with Crippen LogP contribution in [0.4, 0.5) is 0 Å². The average molecular weight is 260 g/mol. The summed E-state index contributed by atoms with van der Waals surface area (Å²) in [6.07, 6.45) is 3.19. The van der Waals surface area contributed by atoms with Gasteiger partial charge in [0.2, 0.25) is 5.91 Å². The van der Waals surface area contributed by atoms with E-state index in [4.69, 9.17) is 5.73 Å². The summed E-state index contributed by atoms with van der Waals surface area (Å²) in [5, 5.41) is 3.15. The molecule has 3 unspecified atom stereocenters. The molecule has 0 saturated heterocycles. The second kappa shape index (κ2) is 6.20. The molecule has 1 aromatic carbocycles. The van der Waals surface area contributed by atoms with Crippen molar-refractivity contribution in [3.8, 4) is 0 Å². The van der Waals surface area contributed by atoms with E-state index in [0.29, 0.717) is 12.5 Å². The number of carbonyl (C=O) groups is 1. The third kappa shape index (κ3) is 3.16. The molecule has 3 N–H and O–H groups in total. The fraction of sp³-hybridized carbons (Fsp3) is 0.562. The molecule has 3 heteroatoms. The first kappa shape index (κ1) is 14.1. The fourth-order valence-corrected chi connectivity index (χ4v) is 3.13. The Bertz CT molecular complexity index is 444. The van der Waals surface area contributed by atoms with Gasteiger partial charge >= 0.3 is 0 Å². The van der Waals surface area contributed by atoms with Crippen LogP contribution in [0.5, 0.6) is 0 Å². The van der Waals surface area contributed by atoms with Crippen LogP contribution in [0.3, 0.4) is 0 Å². The maximum atomic E-state index is 12.3. The Morgan fingerprint density at radius 1 is 1.42 bits per heavy atom. The summed E-state index contributed by atoms with van der Waals surface area (Å²) in [5.74, 6) is 0.643. The molecule has 19 heavy (non-hydrogen) atoms. The zero-order chi connectivity index (χ0) is 13.8. The van der Waals surface area contributed by atoms with Crippen molar-refractivity contribution in [2.24, 2.45) is 17.6 Å². The van der Waals surface area contributed by atoms with Crippen molar-refractivity contribution in [3.63, 3.8) is 0 Å². The normalized spacial score (nSPS) is 24.2. The molecule has 1 saturated carbocycles. The number of amides is 1. The predicted octanol–water partition coefficient (Wildman–Crippen LogP) is 2.55. The largest absolute Gasteiger partial charge is 0.349 e. The van der Waals surface area contributed by atoms with E-state index in [0.717, 1.165) is 19.3 Å². The van der Waals surface area contributed by atoms with Gasteiger partial charge in [0.25, 0.3) is 0 Å². The first-order valence-electron chi connectivity index (χ1n) is 7.19. The van der Waals surface area contributed by atoms with Gasteiger partial charge in [-0.15, -0.1) is 0 Å². The number of carbonyl (C=O) groups excluding carboxylic acids is 1. The molecule has 1 aromatic rings. The van der Waals surface area contributed by atoms with E-state index < -0.39 is 0 Å². The number of aryl methyl sites for hydroxylation is 1. The number of hydrogen-bond donors (Lipinski definition) is 2. The number of hydrogen-bond acceptors (Lipinski definition) is 2. The van der Waals surface area contributed by atoms with Crippen molar-refractivity contribution in [2.45, 2.75) is 39.2 Å². The van der Waals surface area contributed by atoms with Gasteiger partial charge in [-0.25, -0.2) is 0 Å². The highest BCUT2D eigenvalue weighted by Gasteiger charge is 2.32. The van der Waals surface area contributed by atoms with Crippen LogP contribution in [-0.2, 0) is 4.79 Å². The van der Waals surface area contributed by atoms with E-state index in [1.165, 1.54) is 11.1 Å². The molecule has 104 valence electrons. The van der Waals surface area contributed by atoms with E-state index in [2.05, 4.69) is 24.4 Å². The molecule has 0 bridgehead atoms. The highest BCUT2D eigenvalue weighted by molar-refractivity contribution is 5.79. The van der Waals surface area contributed by atoms with Gasteiger partial charge in [0, 0.05) is 5.92 Å². The summed E-state index contributed by atoms with van der Waals surface area (Å²) in [5.41, 5.74) is 8.16. The van der Waals surface area contributed by atoms with Crippen molar-refractivity contribution in [2.75, 3.05) is 6.54 Å². The second-order valence-electron chi connectivity index (χ2n) is 5.62. The quantitative estimate of drug-likeness (QED) is 0.874. The van der Waals surface area contributed by atoms with Crippen LogP contribution >= 0.6 is 0 Å². The van der Waals surface area contributed by atoms with Crippen molar-refractivity contribution in [1.82, 2.24) is 5.32 Å². The topological polar surface area (TPSA) is 55.1 Å². The molecule has 3 atom stereocenters. The van der Waals surface area contributed by atoms with Gasteiger partial charge in [-0.2, -0.15) is 0 Å². The molecule has 1 aliphatic rings. The Labute approximate surface area is 115 Å². The molecular weight excluding hydrogens is 236 g/mol. The van der Waals surface area contributed by atoms with Crippen LogP contribution in [0.25, 0.3) is 0 Å². The van der Waals surface area contributed by atoms with Crippen LogP contribution in [0, 0.1) is 18.8 Å². The molecule has 1 aliphatic carbocycles. The van der Waals surface area contributed by atoms with Gasteiger partial charge in [0.15, 0.2) is 0 Å². The molecule has 2 rings (SSSR count). The van der Waals surface area contributed by atoms with Gasteiger partial charge in [0.05, 0.1) is 6.04 Å². The molecule has 0 heterocycles. The third-order valence-corrected chi connectivity index (χ3v) is 4.31. The molecule has 0 aromatic heterocycles. The Morgan fingerprint density at radius 3 is 2.84 bits per heavy atom. The summed E-state index contributed by atoms with van der Waals surface area (Å²) in [6, 6.07) is 8.26. The smallest absolute Gasteiger partial charge is 0.223 e. The lowest BCUT2D eigenvalue weighted by Gasteiger charge is -2.22. The average Bonchev–Trinajstić information content (AvgIpc) is 2.87. The van der Waals surface area contributed by atoms with E-state index >= 15 is 0 Å². The minimum atomic E-state index is 0.0627. The molecule has 0 spiro atoms. The van der Waals surface area contributed by atoms with Crippen LogP contribution in [-0.4, -0.2) is 12.5 Å². The lowest BCUT2D eigenvalue weighted by atomic mass is 9.94. The Hall–Kier alpha value is -1.35. The molecule has 3 nitrogen and oxygen atoms in total. The summed E-state index contributed by atoms with van der Waals surface area (Å²) in [4.78, 5) is 12.3. The third-order valence-electron chi connectivity index (χ3n) is 4.31. The lowest BCUT2D eigenvalue weighted by Crippen LogP contribution is -2.36. The SMILES string of the molecule is Cc1ccccc1C(C)NC(=O)C1CCCC1CN. The van der Waals surface area contributed by atoms with Crippen LogP contribution in [0.1, 0.15) is 43.4 Å². The number of rotatable bonds is 4. The second-order valence-corrected chi connectivity index (χ2v) is 5.62. The summed E-state index contributed by atoms with van der Waals surface area (Å²) in [6.45, 7) is 4.75. The first-order valence-corrected chi connectivity index (χ1v) is 7.19. The van der Waals surface area contributed by atoms with Crippen LogP contribution in [0.15, 0.2) is 24.3 Å². The molecule has 0 aliphatic heterocycles. The monoisotopic (exact) mass is 260 g/mol. The Kier molecular flexibility index (Phi) is 4.59. The van der Waals surface area contributed by atoms with E-state index in [1.807, 2.05) is 19.1 Å². The molecular formula is C16H24N2O. The maximum Gasteiger partial charge on any atom is 0.223 e. The maximum absolute atomic E-state index is 12.3. The van der Waals surface area contributed by atoms with Gasteiger partial charge < -0.3 is 11.1 Å². The zero-order valence-electron chi connectivity index (χ0n) is 11.9. The summed E-state index contributed by atoms with van der Waals surface area (Å²) >= 11 is 0. The summed E-state index contributed by atoms with van der Waals surface area (Å²) in [7, 11) is 0.